The second-order valence-corrected chi connectivity index (χ2v) is 20.1. The third-order valence-electron chi connectivity index (χ3n) is 14.9. The monoisotopic (exact) mass is 1080 g/mol. The predicted molar refractivity (Wildman–Crippen MR) is 309 cm³/mol. The van der Waals surface area contributed by atoms with E-state index < -0.39 is 17.3 Å². The lowest BCUT2D eigenvalue weighted by molar-refractivity contribution is -0.138. The Bertz CT molecular complexity index is 3790. The van der Waals surface area contributed by atoms with E-state index in [0.29, 0.717) is 59.8 Å². The van der Waals surface area contributed by atoms with Crippen LogP contribution in [0.25, 0.3) is 22.1 Å². The average Bonchev–Trinajstić information content (AvgIpc) is 3.56. The SMILES string of the molecule is CC#Cc1cc2cnc(Nc3ccc(N4CCN(CCC#Cc5cc6cnc(Nc7ccc(N8CCN(C)CC8)cc7)nc6n(Cc6ccccc6N6CCOCC6)c5=O)CC4)cc3)nc2n(Cc2ccccc2C(F)(F)F)c1=O. The maximum atomic E-state index is 14.6. The van der Waals surface area contributed by atoms with Crippen molar-refractivity contribution in [1.29, 1.82) is 0 Å². The predicted octanol–water partition coefficient (Wildman–Crippen LogP) is 8.02. The summed E-state index contributed by atoms with van der Waals surface area (Å²) in [5, 5.41) is 7.75. The van der Waals surface area contributed by atoms with Crippen molar-refractivity contribution in [2.45, 2.75) is 32.6 Å². The summed E-state index contributed by atoms with van der Waals surface area (Å²) < 4.78 is 50.6. The van der Waals surface area contributed by atoms with Crippen LogP contribution in [0.15, 0.2) is 131 Å². The zero-order valence-corrected chi connectivity index (χ0v) is 44.6. The van der Waals surface area contributed by atoms with E-state index in [0.717, 1.165) is 101 Å². The molecule has 11 rings (SSSR count). The number of piperazine rings is 2. The minimum absolute atomic E-state index is 0.0659. The molecule has 0 amide bonds. The first kappa shape index (κ1) is 53.3. The molecule has 3 aliphatic heterocycles. The van der Waals surface area contributed by atoms with Gasteiger partial charge < -0.3 is 35.0 Å². The summed E-state index contributed by atoms with van der Waals surface area (Å²) in [6.45, 7) is 12.4. The molecular weight excluding hydrogens is 1020 g/mol. The summed E-state index contributed by atoms with van der Waals surface area (Å²) in [5.41, 5.74) is 5.40. The number of morpholine rings is 1. The highest BCUT2D eigenvalue weighted by Crippen LogP contribution is 2.33. The van der Waals surface area contributed by atoms with Crippen molar-refractivity contribution in [1.82, 2.24) is 38.9 Å². The van der Waals surface area contributed by atoms with Crippen molar-refractivity contribution < 1.29 is 17.9 Å². The number of halogens is 3. The summed E-state index contributed by atoms with van der Waals surface area (Å²) in [6, 6.07) is 32.9. The Morgan fingerprint density at radius 3 is 1.68 bits per heavy atom. The largest absolute Gasteiger partial charge is 0.416 e. The third-order valence-corrected chi connectivity index (χ3v) is 14.9. The number of hydrogen-bond donors (Lipinski definition) is 2. The number of ether oxygens (including phenoxy) is 1. The maximum Gasteiger partial charge on any atom is 0.416 e. The smallest absolute Gasteiger partial charge is 0.378 e. The number of para-hydroxylation sites is 1. The van der Waals surface area contributed by atoms with E-state index >= 15 is 0 Å². The van der Waals surface area contributed by atoms with Gasteiger partial charge in [0.15, 0.2) is 0 Å². The molecule has 8 aromatic rings. The molecule has 0 unspecified atom stereocenters. The fourth-order valence-electron chi connectivity index (χ4n) is 10.5. The lowest BCUT2D eigenvalue weighted by Crippen LogP contribution is -2.46. The van der Waals surface area contributed by atoms with Gasteiger partial charge in [-0.3, -0.25) is 23.6 Å². The molecule has 7 heterocycles. The highest BCUT2D eigenvalue weighted by Gasteiger charge is 2.33. The van der Waals surface area contributed by atoms with Gasteiger partial charge in [0.1, 0.15) is 11.3 Å². The number of fused-ring (bicyclic) bond motifs is 2. The van der Waals surface area contributed by atoms with E-state index in [2.05, 4.69) is 100 Å². The molecule has 0 bridgehead atoms. The second-order valence-electron chi connectivity index (χ2n) is 20.1. The van der Waals surface area contributed by atoms with E-state index in [1.54, 1.807) is 29.8 Å². The Morgan fingerprint density at radius 1 is 0.600 bits per heavy atom. The zero-order chi connectivity index (χ0) is 55.2. The van der Waals surface area contributed by atoms with Crippen LogP contribution in [-0.4, -0.2) is 131 Å². The molecule has 0 saturated carbocycles. The zero-order valence-electron chi connectivity index (χ0n) is 44.6. The number of anilines is 7. The Labute approximate surface area is 461 Å². The summed E-state index contributed by atoms with van der Waals surface area (Å²) >= 11 is 0. The van der Waals surface area contributed by atoms with Crippen molar-refractivity contribution in [3.63, 3.8) is 0 Å². The second kappa shape index (κ2) is 23.7. The van der Waals surface area contributed by atoms with Crippen molar-refractivity contribution in [2.24, 2.45) is 0 Å². The highest BCUT2D eigenvalue weighted by molar-refractivity contribution is 5.79. The number of benzene rings is 4. The summed E-state index contributed by atoms with van der Waals surface area (Å²) in [4.78, 5) is 58.7. The first-order valence-electron chi connectivity index (χ1n) is 26.9. The van der Waals surface area contributed by atoms with Gasteiger partial charge in [-0.2, -0.15) is 23.1 Å². The standard InChI is InChI=1S/C61H60F3N13O3/c1-3-10-43-37-47-39-65-59(69-55(47)76(57(43)78)41-45-12-4-6-14-53(45)61(62,63)64)67-50-18-22-52(23-19-50)74-31-27-72(28-32-74)24-9-8-11-44-38-48-40-66-60(68-49-16-20-51(21-17-49)73-29-25-71(2)26-30-73)70-56(48)77(58(44)79)42-46-13-5-7-15-54(46)75-33-35-80-36-34-75/h4-7,12-23,37-40H,9,24-36,41-42H2,1-2H3,(H,65,67,69)(H,66,68,70). The van der Waals surface area contributed by atoms with Gasteiger partial charge in [0.2, 0.25) is 11.9 Å². The molecule has 80 heavy (non-hydrogen) atoms. The molecule has 4 aromatic carbocycles. The van der Waals surface area contributed by atoms with Crippen LogP contribution in [0.4, 0.5) is 53.5 Å². The normalized spacial score (nSPS) is 15.3. The van der Waals surface area contributed by atoms with Gasteiger partial charge in [-0.1, -0.05) is 54.2 Å². The number of alkyl halides is 3. The number of rotatable bonds is 13. The van der Waals surface area contributed by atoms with Gasteiger partial charge in [-0.05, 0) is 97.9 Å². The lowest BCUT2D eigenvalue weighted by atomic mass is 10.1. The third kappa shape index (κ3) is 12.1. The Hall–Kier alpha value is -8.75. The van der Waals surface area contributed by atoms with E-state index in [1.807, 2.05) is 48.5 Å². The molecule has 0 aliphatic carbocycles. The lowest BCUT2D eigenvalue weighted by Gasteiger charge is -2.35. The summed E-state index contributed by atoms with van der Waals surface area (Å²) in [7, 11) is 2.15. The summed E-state index contributed by atoms with van der Waals surface area (Å²) in [6.07, 6.45) is -0.740. The van der Waals surface area contributed by atoms with Crippen LogP contribution in [0.2, 0.25) is 0 Å². The Kier molecular flexibility index (Phi) is 15.8. The van der Waals surface area contributed by atoms with Crippen molar-refractivity contribution in [2.75, 3.05) is 118 Å². The van der Waals surface area contributed by atoms with E-state index in [1.165, 1.54) is 34.7 Å². The van der Waals surface area contributed by atoms with Gasteiger partial charge >= 0.3 is 6.18 Å². The van der Waals surface area contributed by atoms with E-state index in [-0.39, 0.29) is 34.8 Å². The van der Waals surface area contributed by atoms with Gasteiger partial charge in [-0.15, -0.1) is 5.92 Å². The first-order chi connectivity index (χ1) is 38.9. The molecule has 408 valence electrons. The van der Waals surface area contributed by atoms with Gasteiger partial charge in [0.05, 0.1) is 43.0 Å². The molecular formula is C61H60F3N13O3. The van der Waals surface area contributed by atoms with Crippen molar-refractivity contribution >= 4 is 62.4 Å². The Balaban J connectivity index is 0.749. The number of pyridine rings is 2. The van der Waals surface area contributed by atoms with Crippen LogP contribution in [-0.2, 0) is 24.0 Å². The van der Waals surface area contributed by atoms with Gasteiger partial charge in [-0.25, -0.2) is 9.97 Å². The van der Waals surface area contributed by atoms with Crippen LogP contribution in [0.1, 0.15) is 41.2 Å². The first-order valence-corrected chi connectivity index (χ1v) is 26.9. The minimum Gasteiger partial charge on any atom is -0.378 e. The topological polar surface area (TPSA) is 145 Å². The molecule has 0 atom stereocenters. The fraction of sp³-hybridized carbons (Fsp3) is 0.311. The maximum absolute atomic E-state index is 14.6. The van der Waals surface area contributed by atoms with E-state index in [9.17, 15) is 22.8 Å². The molecule has 4 aromatic heterocycles. The molecule has 0 spiro atoms. The number of likely N-dealkylation sites (N-methyl/N-ethyl adjacent to an activating group) is 1. The number of nitrogens with zero attached hydrogens (tertiary/aromatic N) is 11. The summed E-state index contributed by atoms with van der Waals surface area (Å²) in [5.74, 6) is 12.6. The number of aromatic nitrogens is 6. The van der Waals surface area contributed by atoms with Crippen LogP contribution in [0.5, 0.6) is 0 Å². The van der Waals surface area contributed by atoms with Crippen LogP contribution in [0.3, 0.4) is 0 Å². The Morgan fingerprint density at radius 2 is 1.11 bits per heavy atom. The average molecular weight is 1080 g/mol. The van der Waals surface area contributed by atoms with Gasteiger partial charge in [0, 0.05) is 130 Å². The molecule has 19 heteroatoms. The molecule has 3 fully saturated rings. The molecule has 2 N–H and O–H groups in total. The fourth-order valence-corrected chi connectivity index (χ4v) is 10.5. The molecule has 16 nitrogen and oxygen atoms in total. The molecule has 3 aliphatic rings. The van der Waals surface area contributed by atoms with Crippen LogP contribution in [0, 0.1) is 23.7 Å². The highest BCUT2D eigenvalue weighted by atomic mass is 19.4. The molecule has 3 saturated heterocycles. The van der Waals surface area contributed by atoms with E-state index in [4.69, 9.17) is 14.7 Å². The van der Waals surface area contributed by atoms with Crippen molar-refractivity contribution in [3.05, 3.63) is 170 Å². The number of nitrogens with one attached hydrogen (secondary N) is 2. The van der Waals surface area contributed by atoms with Crippen LogP contribution >= 0.6 is 0 Å². The van der Waals surface area contributed by atoms with Gasteiger partial charge in [0.25, 0.3) is 11.1 Å². The number of hydrogen-bond acceptors (Lipinski definition) is 14. The van der Waals surface area contributed by atoms with Crippen molar-refractivity contribution in [3.8, 4) is 23.7 Å². The quantitative estimate of drug-likeness (QED) is 0.108. The minimum atomic E-state index is -4.61. The molecule has 0 radical (unpaired) electrons. The van der Waals surface area contributed by atoms with Crippen LogP contribution < -0.4 is 36.5 Å².